The van der Waals surface area contributed by atoms with Crippen molar-refractivity contribution in [2.75, 3.05) is 38.4 Å². The average molecular weight is 571 g/mol. The molecule has 2 bridgehead atoms. The van der Waals surface area contributed by atoms with Crippen LogP contribution in [0.15, 0.2) is 65.5 Å². The van der Waals surface area contributed by atoms with Gasteiger partial charge < -0.3 is 23.7 Å². The first kappa shape index (κ1) is 26.3. The number of carbonyl (C=O) groups is 3. The number of aromatic nitrogens is 1. The molecule has 0 saturated carbocycles. The zero-order valence-electron chi connectivity index (χ0n) is 23.1. The summed E-state index contributed by atoms with van der Waals surface area (Å²) in [6, 6.07) is 16.5. The van der Waals surface area contributed by atoms with Gasteiger partial charge in [0.05, 0.1) is 12.8 Å². The highest BCUT2D eigenvalue weighted by Gasteiger charge is 2.56. The summed E-state index contributed by atoms with van der Waals surface area (Å²) in [6.45, 7) is 2.01. The number of hydrogen-bond acceptors (Lipinski definition) is 8. The largest absolute Gasteiger partial charge is 0.497 e. The molecule has 1 aromatic heterocycles. The van der Waals surface area contributed by atoms with E-state index in [9.17, 15) is 19.2 Å². The molecule has 42 heavy (non-hydrogen) atoms. The van der Waals surface area contributed by atoms with E-state index in [1.165, 1.54) is 7.11 Å². The summed E-state index contributed by atoms with van der Waals surface area (Å²) in [7, 11) is 1.53. The molecule has 5 heterocycles. The quantitative estimate of drug-likeness (QED) is 0.449. The number of pyridine rings is 1. The Balaban J connectivity index is 1.26. The smallest absolute Gasteiger partial charge is 0.335 e. The summed E-state index contributed by atoms with van der Waals surface area (Å²) in [5.41, 5.74) is 0.405. The molecule has 2 saturated heterocycles. The number of nitrogens with one attached hydrogen (secondary N) is 1. The fourth-order valence-electron chi connectivity index (χ4n) is 6.90. The predicted octanol–water partition coefficient (Wildman–Crippen LogP) is 2.52. The number of urea groups is 1. The lowest BCUT2D eigenvalue weighted by Crippen LogP contribution is -2.68. The lowest BCUT2D eigenvalue weighted by molar-refractivity contribution is -0.144. The fraction of sp³-hybridized carbons (Fsp3) is 0.355. The number of ether oxygens (including phenoxy) is 3. The van der Waals surface area contributed by atoms with Gasteiger partial charge in [-0.3, -0.25) is 19.7 Å². The number of amides is 4. The maximum absolute atomic E-state index is 14.5. The molecule has 0 radical (unpaired) electrons. The molecule has 2 aromatic carbocycles. The molecule has 4 aliphatic rings. The van der Waals surface area contributed by atoms with Crippen molar-refractivity contribution >= 4 is 23.5 Å². The molecular weight excluding hydrogens is 540 g/mol. The number of piperidine rings is 1. The van der Waals surface area contributed by atoms with E-state index in [1.807, 2.05) is 16.7 Å². The first-order chi connectivity index (χ1) is 20.3. The number of anilines is 1. The van der Waals surface area contributed by atoms with Crippen molar-refractivity contribution in [3.63, 3.8) is 0 Å². The molecule has 11 nitrogen and oxygen atoms in total. The Morgan fingerprint density at radius 1 is 0.952 bits per heavy atom. The molecule has 4 amide bonds. The first-order valence-electron chi connectivity index (χ1n) is 14.0. The monoisotopic (exact) mass is 570 g/mol. The van der Waals surface area contributed by atoms with Gasteiger partial charge in [0.2, 0.25) is 12.7 Å². The van der Waals surface area contributed by atoms with E-state index < -0.39 is 23.3 Å². The van der Waals surface area contributed by atoms with Crippen molar-refractivity contribution in [2.24, 2.45) is 11.3 Å². The summed E-state index contributed by atoms with van der Waals surface area (Å²) in [4.78, 5) is 57.3. The predicted molar refractivity (Wildman–Crippen MR) is 151 cm³/mol. The van der Waals surface area contributed by atoms with E-state index >= 15 is 0 Å². The molecule has 2 unspecified atom stereocenters. The number of fused-ring (bicyclic) bond motifs is 5. The van der Waals surface area contributed by atoms with Crippen LogP contribution in [0.4, 0.5) is 10.5 Å². The third-order valence-corrected chi connectivity index (χ3v) is 8.79. The van der Waals surface area contributed by atoms with E-state index in [4.69, 9.17) is 14.2 Å². The normalized spacial score (nSPS) is 24.8. The molecule has 0 aliphatic carbocycles. The van der Waals surface area contributed by atoms with Crippen LogP contribution < -0.4 is 30.0 Å². The van der Waals surface area contributed by atoms with Gasteiger partial charge in [-0.25, -0.2) is 9.69 Å². The third-order valence-electron chi connectivity index (χ3n) is 8.79. The van der Waals surface area contributed by atoms with Gasteiger partial charge in [-0.05, 0) is 66.8 Å². The van der Waals surface area contributed by atoms with Crippen molar-refractivity contribution in [1.29, 1.82) is 0 Å². The van der Waals surface area contributed by atoms with Crippen LogP contribution in [0, 0.1) is 11.3 Å². The van der Waals surface area contributed by atoms with Gasteiger partial charge in [0.15, 0.2) is 11.5 Å². The molecule has 11 heteroatoms. The van der Waals surface area contributed by atoms with Gasteiger partial charge in [0, 0.05) is 43.9 Å². The Morgan fingerprint density at radius 2 is 1.76 bits per heavy atom. The molecule has 3 atom stereocenters. The summed E-state index contributed by atoms with van der Waals surface area (Å²) in [5, 5.41) is 2.48. The molecule has 4 aliphatic heterocycles. The zero-order valence-corrected chi connectivity index (χ0v) is 23.1. The Hall–Kier alpha value is -4.64. The van der Waals surface area contributed by atoms with Gasteiger partial charge in [-0.15, -0.1) is 0 Å². The maximum atomic E-state index is 14.5. The van der Waals surface area contributed by atoms with E-state index in [2.05, 4.69) is 10.2 Å². The summed E-state index contributed by atoms with van der Waals surface area (Å²) in [6.07, 6.45) is 0.988. The highest BCUT2D eigenvalue weighted by molar-refractivity contribution is 6.30. The second-order valence-electron chi connectivity index (χ2n) is 11.4. The Bertz CT molecular complexity index is 1650. The summed E-state index contributed by atoms with van der Waals surface area (Å²) >= 11 is 0. The van der Waals surface area contributed by atoms with Crippen LogP contribution in [0.25, 0.3) is 0 Å². The van der Waals surface area contributed by atoms with Crippen molar-refractivity contribution in [3.05, 3.63) is 82.3 Å². The topological polar surface area (TPSA) is 119 Å². The maximum Gasteiger partial charge on any atom is 0.335 e. The van der Waals surface area contributed by atoms with Gasteiger partial charge in [-0.2, -0.15) is 0 Å². The first-order valence-corrected chi connectivity index (χ1v) is 14.0. The Morgan fingerprint density at radius 3 is 2.57 bits per heavy atom. The Labute approximate surface area is 241 Å². The minimum Gasteiger partial charge on any atom is -0.497 e. The highest BCUT2D eigenvalue weighted by Crippen LogP contribution is 2.41. The van der Waals surface area contributed by atoms with Crippen molar-refractivity contribution in [1.82, 2.24) is 14.8 Å². The Kier molecular flexibility index (Phi) is 6.27. The lowest BCUT2D eigenvalue weighted by Gasteiger charge is -2.47. The SMILES string of the molecule is COc1ccc(N2C(=O)NC(=O)C(Cc3ccc4c(c3)OCO4)(CN3CC4C[C@@H](C3)c3cccc(=O)n3C4)C2=O)cc1. The third kappa shape index (κ3) is 4.32. The zero-order chi connectivity index (χ0) is 29.0. The minimum atomic E-state index is -1.61. The fourth-order valence-corrected chi connectivity index (χ4v) is 6.90. The van der Waals surface area contributed by atoms with E-state index in [-0.39, 0.29) is 37.2 Å². The summed E-state index contributed by atoms with van der Waals surface area (Å²) < 4.78 is 18.1. The van der Waals surface area contributed by atoms with Crippen LogP contribution >= 0.6 is 0 Å². The van der Waals surface area contributed by atoms with Crippen LogP contribution in [0.2, 0.25) is 0 Å². The molecule has 3 aromatic rings. The molecule has 216 valence electrons. The van der Waals surface area contributed by atoms with Gasteiger partial charge in [-0.1, -0.05) is 12.1 Å². The van der Waals surface area contributed by atoms with Gasteiger partial charge >= 0.3 is 6.03 Å². The average Bonchev–Trinajstić information content (AvgIpc) is 3.45. The van der Waals surface area contributed by atoms with E-state index in [1.54, 1.807) is 48.5 Å². The standard InChI is InChI=1S/C31H30N4O7/c1-40-23-8-6-22(7-9-23)35-29(38)31(28(37)32-30(35)39,13-19-5-10-25-26(12-19)42-18-41-25)17-33-14-20-11-21(16-33)24-3-2-4-27(36)34(24)15-20/h2-10,12,20-21H,11,13-18H2,1H3,(H,32,37,39)/t20?,21-,31?/m0/s1. The van der Waals surface area contributed by atoms with Crippen LogP contribution in [-0.2, 0) is 22.6 Å². The van der Waals surface area contributed by atoms with Crippen LogP contribution in [0.5, 0.6) is 17.2 Å². The van der Waals surface area contributed by atoms with Crippen molar-refractivity contribution in [3.8, 4) is 17.2 Å². The number of imide groups is 2. The summed E-state index contributed by atoms with van der Waals surface area (Å²) in [5.74, 6) is 0.781. The molecule has 0 spiro atoms. The van der Waals surface area contributed by atoms with Crippen LogP contribution in [0.3, 0.4) is 0 Å². The van der Waals surface area contributed by atoms with Crippen molar-refractivity contribution in [2.45, 2.75) is 25.3 Å². The number of barbiturate groups is 1. The van der Waals surface area contributed by atoms with Crippen LogP contribution in [0.1, 0.15) is 23.6 Å². The van der Waals surface area contributed by atoms with E-state index in [0.29, 0.717) is 48.1 Å². The number of rotatable bonds is 6. The number of methoxy groups -OCH3 is 1. The van der Waals surface area contributed by atoms with Crippen LogP contribution in [-0.4, -0.2) is 60.8 Å². The lowest BCUT2D eigenvalue weighted by atomic mass is 9.75. The minimum absolute atomic E-state index is 0.00888. The highest BCUT2D eigenvalue weighted by atomic mass is 16.7. The second-order valence-corrected chi connectivity index (χ2v) is 11.4. The molecule has 1 N–H and O–H groups in total. The second kappa shape index (κ2) is 10.0. The molecule has 7 rings (SSSR count). The number of hydrogen-bond donors (Lipinski definition) is 1. The van der Waals surface area contributed by atoms with Gasteiger partial charge in [0.25, 0.3) is 11.5 Å². The molecule has 2 fully saturated rings. The number of benzene rings is 2. The number of nitrogens with zero attached hydrogens (tertiary/aromatic N) is 3. The van der Waals surface area contributed by atoms with Gasteiger partial charge in [0.1, 0.15) is 11.2 Å². The molecular formula is C31H30N4O7. The van der Waals surface area contributed by atoms with Crippen molar-refractivity contribution < 1.29 is 28.6 Å². The number of carbonyl (C=O) groups excluding carboxylic acids is 3. The number of likely N-dealkylation sites (tertiary alicyclic amines) is 1. The van der Waals surface area contributed by atoms with E-state index in [0.717, 1.165) is 17.0 Å².